The van der Waals surface area contributed by atoms with Gasteiger partial charge in [0.1, 0.15) is 17.6 Å². The maximum Gasteiger partial charge on any atom is 0.244 e. The minimum atomic E-state index is -2.12. The summed E-state index contributed by atoms with van der Waals surface area (Å²) in [7, 11) is 2.92. The summed E-state index contributed by atoms with van der Waals surface area (Å²) in [5.74, 6) is -2.23. The number of nitrogens with one attached hydrogen (secondary N) is 1. The number of fused-ring (bicyclic) bond motifs is 2. The van der Waals surface area contributed by atoms with Crippen LogP contribution in [0.25, 0.3) is 0 Å². The number of hydrogen-bond donors (Lipinski definition) is 1. The summed E-state index contributed by atoms with van der Waals surface area (Å²) >= 11 is 6.06. The number of nitrogens with zero attached hydrogens (tertiary/aromatic N) is 3. The molecule has 2 aromatic carbocycles. The Bertz CT molecular complexity index is 1250. The van der Waals surface area contributed by atoms with E-state index in [1.54, 1.807) is 49.4 Å². The van der Waals surface area contributed by atoms with E-state index >= 15 is 0 Å². The fourth-order valence-corrected chi connectivity index (χ4v) is 5.00. The van der Waals surface area contributed by atoms with Gasteiger partial charge in [0.05, 0.1) is 38.3 Å². The van der Waals surface area contributed by atoms with Crippen molar-refractivity contribution >= 4 is 17.5 Å². The predicted molar refractivity (Wildman–Crippen MR) is 116 cm³/mol. The fraction of sp³-hybridized carbons (Fsp3) is 0.333. The summed E-state index contributed by atoms with van der Waals surface area (Å²) < 4.78 is 23.3. The molecule has 33 heavy (non-hydrogen) atoms. The lowest BCUT2D eigenvalue weighted by atomic mass is 9.53. The van der Waals surface area contributed by atoms with Crippen molar-refractivity contribution in [3.05, 3.63) is 58.6 Å². The van der Waals surface area contributed by atoms with E-state index in [1.807, 2.05) is 12.1 Å². The molecule has 2 heterocycles. The SMILES string of the molecule is COc1ccc(OC)c(C2OC3(c4ccc(Cl)cc4)OC(=N)C(C#N)(C3C)C2(C#N)C#N)c1. The summed E-state index contributed by atoms with van der Waals surface area (Å²) in [5.41, 5.74) is -3.22. The second-order valence-electron chi connectivity index (χ2n) is 7.88. The molecule has 4 unspecified atom stereocenters. The lowest BCUT2D eigenvalue weighted by Crippen LogP contribution is -2.57. The van der Waals surface area contributed by atoms with Gasteiger partial charge < -0.3 is 18.9 Å². The van der Waals surface area contributed by atoms with E-state index in [4.69, 9.17) is 36.0 Å². The van der Waals surface area contributed by atoms with E-state index in [0.717, 1.165) is 0 Å². The number of nitriles is 3. The van der Waals surface area contributed by atoms with E-state index in [9.17, 15) is 15.8 Å². The van der Waals surface area contributed by atoms with Gasteiger partial charge in [-0.2, -0.15) is 15.8 Å². The number of halogens is 1. The van der Waals surface area contributed by atoms with Crippen LogP contribution < -0.4 is 9.47 Å². The highest BCUT2D eigenvalue weighted by Gasteiger charge is 2.80. The quantitative estimate of drug-likeness (QED) is 0.708. The summed E-state index contributed by atoms with van der Waals surface area (Å²) in [5, 5.41) is 40.3. The highest BCUT2D eigenvalue weighted by molar-refractivity contribution is 6.30. The second-order valence-corrected chi connectivity index (χ2v) is 8.32. The van der Waals surface area contributed by atoms with E-state index in [1.165, 1.54) is 14.2 Å². The van der Waals surface area contributed by atoms with Gasteiger partial charge in [-0.25, -0.2) is 0 Å². The molecular formula is C24H19ClN4O4. The predicted octanol–water partition coefficient (Wildman–Crippen LogP) is 4.47. The van der Waals surface area contributed by atoms with Crippen LogP contribution in [0.15, 0.2) is 42.5 Å². The molecule has 0 amide bonds. The molecule has 8 nitrogen and oxygen atoms in total. The molecule has 0 radical (unpaired) electrons. The Morgan fingerprint density at radius 3 is 2.21 bits per heavy atom. The molecule has 0 spiro atoms. The second kappa shape index (κ2) is 7.67. The van der Waals surface area contributed by atoms with E-state index in [-0.39, 0.29) is 0 Å². The zero-order chi connectivity index (χ0) is 24.0. The lowest BCUT2D eigenvalue weighted by molar-refractivity contribution is -0.288. The molecule has 0 aromatic heterocycles. The van der Waals surface area contributed by atoms with Crippen LogP contribution in [0.5, 0.6) is 11.5 Å². The standard InChI is InChI=1S/C24H19ClN4O4/c1-14-23(13-28)21(29)33-24(14,15-4-6-16(25)7-5-15)32-20(22(23,11-26)12-27)18-10-17(30-2)8-9-19(18)31-3/h4-10,14,20,29H,1-3H3. The van der Waals surface area contributed by atoms with Crippen LogP contribution in [0.1, 0.15) is 24.2 Å². The Morgan fingerprint density at radius 1 is 1.00 bits per heavy atom. The van der Waals surface area contributed by atoms with Crippen LogP contribution in [0, 0.1) is 56.2 Å². The van der Waals surface area contributed by atoms with Crippen molar-refractivity contribution in [2.45, 2.75) is 18.8 Å². The van der Waals surface area contributed by atoms with Crippen molar-refractivity contribution < 1.29 is 18.9 Å². The Labute approximate surface area is 195 Å². The van der Waals surface area contributed by atoms with Crippen molar-refractivity contribution in [3.63, 3.8) is 0 Å². The Hall–Kier alpha value is -3.77. The van der Waals surface area contributed by atoms with Crippen LogP contribution >= 0.6 is 11.6 Å². The zero-order valence-electron chi connectivity index (χ0n) is 18.0. The smallest absolute Gasteiger partial charge is 0.244 e. The number of ether oxygens (including phenoxy) is 4. The minimum absolute atomic E-state index is 0.322. The highest BCUT2D eigenvalue weighted by atomic mass is 35.5. The maximum atomic E-state index is 10.4. The van der Waals surface area contributed by atoms with Crippen molar-refractivity contribution in [1.29, 1.82) is 21.2 Å². The summed E-state index contributed by atoms with van der Waals surface area (Å²) in [6.07, 6.45) is -1.31. The third-order valence-electron chi connectivity index (χ3n) is 6.63. The highest BCUT2D eigenvalue weighted by Crippen LogP contribution is 2.69. The normalized spacial score (nSPS) is 29.2. The number of benzene rings is 2. The molecule has 166 valence electrons. The lowest BCUT2D eigenvalue weighted by Gasteiger charge is -2.49. The van der Waals surface area contributed by atoms with E-state index in [0.29, 0.717) is 27.6 Å². The van der Waals surface area contributed by atoms with Gasteiger partial charge in [0, 0.05) is 16.1 Å². The van der Waals surface area contributed by atoms with Crippen molar-refractivity contribution in [1.82, 2.24) is 0 Å². The van der Waals surface area contributed by atoms with Gasteiger partial charge >= 0.3 is 0 Å². The molecule has 2 aromatic rings. The average Bonchev–Trinajstić information content (AvgIpc) is 3.00. The van der Waals surface area contributed by atoms with E-state index in [2.05, 4.69) is 6.07 Å². The molecule has 1 N–H and O–H groups in total. The molecule has 2 bridgehead atoms. The minimum Gasteiger partial charge on any atom is -0.497 e. The Kier molecular flexibility index (Phi) is 5.21. The fourth-order valence-electron chi connectivity index (χ4n) is 4.87. The van der Waals surface area contributed by atoms with Crippen molar-refractivity contribution in [2.24, 2.45) is 16.7 Å². The first-order chi connectivity index (χ1) is 15.8. The van der Waals surface area contributed by atoms with Gasteiger partial charge in [0.15, 0.2) is 5.41 Å². The number of hydrogen-bond acceptors (Lipinski definition) is 8. The Morgan fingerprint density at radius 2 is 1.67 bits per heavy atom. The van der Waals surface area contributed by atoms with Crippen LogP contribution in [-0.2, 0) is 15.3 Å². The molecule has 2 aliphatic heterocycles. The molecule has 4 rings (SSSR count). The van der Waals surface area contributed by atoms with Crippen LogP contribution in [-0.4, -0.2) is 20.1 Å². The van der Waals surface area contributed by atoms with Crippen molar-refractivity contribution in [3.8, 4) is 29.7 Å². The summed E-state index contributed by atoms with van der Waals surface area (Å²) in [4.78, 5) is 0. The number of rotatable bonds is 4. The third-order valence-corrected chi connectivity index (χ3v) is 6.89. The largest absolute Gasteiger partial charge is 0.497 e. The first kappa shape index (κ1) is 22.4. The first-order valence-corrected chi connectivity index (χ1v) is 10.4. The molecule has 0 aliphatic carbocycles. The monoisotopic (exact) mass is 462 g/mol. The van der Waals surface area contributed by atoms with Gasteiger partial charge in [-0.15, -0.1) is 0 Å². The van der Waals surface area contributed by atoms with Gasteiger partial charge in [-0.05, 0) is 30.3 Å². The maximum absolute atomic E-state index is 10.4. The Balaban J connectivity index is 2.07. The summed E-state index contributed by atoms with van der Waals surface area (Å²) in [6.45, 7) is 1.64. The molecule has 0 saturated carbocycles. The topological polar surface area (TPSA) is 132 Å². The van der Waals surface area contributed by atoms with Crippen molar-refractivity contribution in [2.75, 3.05) is 14.2 Å². The zero-order valence-corrected chi connectivity index (χ0v) is 18.8. The molecule has 2 fully saturated rings. The van der Waals surface area contributed by atoms with Gasteiger partial charge in [0.25, 0.3) is 0 Å². The van der Waals surface area contributed by atoms with Crippen LogP contribution in [0.3, 0.4) is 0 Å². The molecular weight excluding hydrogens is 444 g/mol. The molecule has 2 aliphatic rings. The molecule has 4 atom stereocenters. The first-order valence-electron chi connectivity index (χ1n) is 9.97. The average molecular weight is 463 g/mol. The molecule has 2 saturated heterocycles. The van der Waals surface area contributed by atoms with Crippen LogP contribution in [0.4, 0.5) is 0 Å². The van der Waals surface area contributed by atoms with Crippen LogP contribution in [0.2, 0.25) is 5.02 Å². The van der Waals surface area contributed by atoms with Gasteiger partial charge in [-0.1, -0.05) is 30.7 Å². The van der Waals surface area contributed by atoms with E-state index < -0.39 is 34.5 Å². The summed E-state index contributed by atoms with van der Waals surface area (Å²) in [6, 6.07) is 17.6. The molecule has 9 heteroatoms. The van der Waals surface area contributed by atoms with Gasteiger partial charge in [0.2, 0.25) is 17.1 Å². The number of methoxy groups -OCH3 is 2. The third kappa shape index (κ3) is 2.67. The van der Waals surface area contributed by atoms with Gasteiger partial charge in [-0.3, -0.25) is 5.41 Å².